The van der Waals surface area contributed by atoms with E-state index in [1.54, 1.807) is 43.3 Å². The van der Waals surface area contributed by atoms with Gasteiger partial charge in [-0.15, -0.1) is 0 Å². The van der Waals surface area contributed by atoms with Gasteiger partial charge >= 0.3 is 0 Å². The van der Waals surface area contributed by atoms with Crippen LogP contribution in [0.15, 0.2) is 52.4 Å². The average Bonchev–Trinajstić information content (AvgIpc) is 2.68. The van der Waals surface area contributed by atoms with E-state index in [-0.39, 0.29) is 11.5 Å². The van der Waals surface area contributed by atoms with E-state index in [2.05, 4.69) is 15.3 Å². The Morgan fingerprint density at radius 1 is 1.19 bits per heavy atom. The summed E-state index contributed by atoms with van der Waals surface area (Å²) in [7, 11) is 0. The van der Waals surface area contributed by atoms with Gasteiger partial charge in [-0.3, -0.25) is 9.59 Å². The Hall–Kier alpha value is -3.00. The number of rotatable bonds is 4. The molecule has 1 amide bonds. The van der Waals surface area contributed by atoms with Crippen LogP contribution in [0.4, 0.5) is 5.69 Å². The molecular weight excluding hydrogens is 366 g/mol. The van der Waals surface area contributed by atoms with Crippen molar-refractivity contribution in [2.24, 2.45) is 0 Å². The summed E-state index contributed by atoms with van der Waals surface area (Å²) in [6, 6.07) is 12.4. The number of hydrogen-bond acceptors (Lipinski definition) is 6. The number of amides is 1. The summed E-state index contributed by atoms with van der Waals surface area (Å²) in [5.41, 5.74) is 1.00. The third-order valence-corrected chi connectivity index (χ3v) is 5.04. The number of para-hydroxylation sites is 1. The highest BCUT2D eigenvalue weighted by molar-refractivity contribution is 8.00. The van der Waals surface area contributed by atoms with E-state index >= 15 is 0 Å². The molecule has 0 saturated carbocycles. The fraction of sp³-hybridized carbons (Fsp3) is 0.211. The number of fused-ring (bicyclic) bond motifs is 2. The fourth-order valence-corrected chi connectivity index (χ4v) is 3.51. The first-order valence-electron chi connectivity index (χ1n) is 8.46. The third-order valence-electron chi connectivity index (χ3n) is 4.06. The predicted octanol–water partition coefficient (Wildman–Crippen LogP) is 2.81. The molecule has 0 radical (unpaired) electrons. The van der Waals surface area contributed by atoms with E-state index in [9.17, 15) is 9.59 Å². The Bertz CT molecular complexity index is 1070. The molecule has 1 unspecified atom stereocenters. The first-order chi connectivity index (χ1) is 13.1. The van der Waals surface area contributed by atoms with Crippen LogP contribution in [0.2, 0.25) is 0 Å². The zero-order valence-corrected chi connectivity index (χ0v) is 15.3. The fourth-order valence-electron chi connectivity index (χ4n) is 2.71. The number of ether oxygens (including phenoxy) is 2. The van der Waals surface area contributed by atoms with Crippen molar-refractivity contribution in [3.63, 3.8) is 0 Å². The topological polar surface area (TPSA) is 93.3 Å². The molecule has 2 N–H and O–H groups in total. The zero-order valence-electron chi connectivity index (χ0n) is 14.5. The summed E-state index contributed by atoms with van der Waals surface area (Å²) in [5, 5.41) is 3.32. The maximum absolute atomic E-state index is 12.5. The van der Waals surface area contributed by atoms with Gasteiger partial charge in [-0.25, -0.2) is 4.98 Å². The second kappa shape index (κ2) is 7.32. The van der Waals surface area contributed by atoms with Crippen LogP contribution in [0.1, 0.15) is 6.92 Å². The number of nitrogens with zero attached hydrogens (tertiary/aromatic N) is 1. The standard InChI is InChI=1S/C19H17N3O4S/c1-11(27-19-21-14-5-3-2-4-13(14)18(24)22-19)17(23)20-12-6-7-15-16(10-12)26-9-8-25-15/h2-7,10-11H,8-9H2,1H3,(H,20,23)(H,21,22,24). The SMILES string of the molecule is CC(Sc1nc2ccccc2c(=O)[nH]1)C(=O)Nc1ccc2c(c1)OCCO2. The second-order valence-electron chi connectivity index (χ2n) is 6.00. The van der Waals surface area contributed by atoms with Crippen LogP contribution < -0.4 is 20.3 Å². The molecule has 1 aromatic heterocycles. The summed E-state index contributed by atoms with van der Waals surface area (Å²) in [5.74, 6) is 1.08. The zero-order chi connectivity index (χ0) is 18.8. The molecule has 0 aliphatic carbocycles. The van der Waals surface area contributed by atoms with Gasteiger partial charge < -0.3 is 19.8 Å². The minimum absolute atomic E-state index is 0.201. The van der Waals surface area contributed by atoms with Crippen LogP contribution in [-0.4, -0.2) is 34.3 Å². The van der Waals surface area contributed by atoms with Gasteiger partial charge in [-0.1, -0.05) is 23.9 Å². The van der Waals surface area contributed by atoms with Crippen molar-refractivity contribution in [3.8, 4) is 11.5 Å². The van der Waals surface area contributed by atoms with E-state index in [1.165, 1.54) is 11.8 Å². The monoisotopic (exact) mass is 383 g/mol. The molecule has 0 saturated heterocycles. The van der Waals surface area contributed by atoms with Gasteiger partial charge in [0.1, 0.15) is 13.2 Å². The van der Waals surface area contributed by atoms with Crippen LogP contribution in [0.5, 0.6) is 11.5 Å². The van der Waals surface area contributed by atoms with Gasteiger partial charge in [-0.2, -0.15) is 0 Å². The van der Waals surface area contributed by atoms with Gasteiger partial charge in [0.25, 0.3) is 5.56 Å². The van der Waals surface area contributed by atoms with E-state index in [0.717, 1.165) is 0 Å². The van der Waals surface area contributed by atoms with Crippen molar-refractivity contribution in [1.82, 2.24) is 9.97 Å². The molecule has 0 bridgehead atoms. The number of H-pyrrole nitrogens is 1. The molecule has 2 heterocycles. The lowest BCUT2D eigenvalue weighted by Gasteiger charge is -2.19. The number of aromatic amines is 1. The second-order valence-corrected chi connectivity index (χ2v) is 7.33. The largest absolute Gasteiger partial charge is 0.486 e. The Morgan fingerprint density at radius 2 is 1.96 bits per heavy atom. The lowest BCUT2D eigenvalue weighted by molar-refractivity contribution is -0.115. The molecule has 1 aliphatic heterocycles. The van der Waals surface area contributed by atoms with E-state index in [1.807, 2.05) is 6.07 Å². The van der Waals surface area contributed by atoms with Gasteiger partial charge in [0, 0.05) is 11.8 Å². The Labute approximate surface area is 159 Å². The molecule has 2 aromatic carbocycles. The lowest BCUT2D eigenvalue weighted by atomic mass is 10.2. The van der Waals surface area contributed by atoms with E-state index in [0.29, 0.717) is 46.5 Å². The number of aromatic nitrogens is 2. The third kappa shape index (κ3) is 3.75. The summed E-state index contributed by atoms with van der Waals surface area (Å²) in [6.45, 7) is 2.76. The number of anilines is 1. The molecule has 4 rings (SSSR count). The van der Waals surface area contributed by atoms with Crippen molar-refractivity contribution >= 4 is 34.3 Å². The normalized spacial score (nSPS) is 14.0. The van der Waals surface area contributed by atoms with Crippen LogP contribution >= 0.6 is 11.8 Å². The quantitative estimate of drug-likeness (QED) is 0.532. The molecule has 8 heteroatoms. The Kier molecular flexibility index (Phi) is 4.72. The summed E-state index contributed by atoms with van der Waals surface area (Å²) in [6.07, 6.45) is 0. The number of nitrogens with one attached hydrogen (secondary N) is 2. The number of thioether (sulfide) groups is 1. The molecule has 3 aromatic rings. The van der Waals surface area contributed by atoms with Crippen LogP contribution in [0.25, 0.3) is 10.9 Å². The molecule has 1 atom stereocenters. The minimum Gasteiger partial charge on any atom is -0.486 e. The molecule has 0 spiro atoms. The molecule has 7 nitrogen and oxygen atoms in total. The first kappa shape index (κ1) is 17.4. The first-order valence-corrected chi connectivity index (χ1v) is 9.34. The van der Waals surface area contributed by atoms with Crippen LogP contribution in [0, 0.1) is 0 Å². The highest BCUT2D eigenvalue weighted by Gasteiger charge is 2.18. The summed E-state index contributed by atoms with van der Waals surface area (Å²) in [4.78, 5) is 31.8. The highest BCUT2D eigenvalue weighted by Crippen LogP contribution is 2.33. The maximum Gasteiger partial charge on any atom is 0.259 e. The van der Waals surface area contributed by atoms with Gasteiger partial charge in [-0.05, 0) is 31.2 Å². The van der Waals surface area contributed by atoms with E-state index in [4.69, 9.17) is 9.47 Å². The van der Waals surface area contributed by atoms with Gasteiger partial charge in [0.2, 0.25) is 5.91 Å². The molecule has 138 valence electrons. The van der Waals surface area contributed by atoms with Crippen molar-refractivity contribution in [1.29, 1.82) is 0 Å². The lowest BCUT2D eigenvalue weighted by Crippen LogP contribution is -2.23. The van der Waals surface area contributed by atoms with Gasteiger partial charge in [0.15, 0.2) is 16.7 Å². The maximum atomic E-state index is 12.5. The minimum atomic E-state index is -0.456. The molecule has 27 heavy (non-hydrogen) atoms. The summed E-state index contributed by atoms with van der Waals surface area (Å²) >= 11 is 1.19. The number of carbonyl (C=O) groups excluding carboxylic acids is 1. The summed E-state index contributed by atoms with van der Waals surface area (Å²) < 4.78 is 11.0. The van der Waals surface area contributed by atoms with Crippen molar-refractivity contribution in [3.05, 3.63) is 52.8 Å². The smallest absolute Gasteiger partial charge is 0.259 e. The predicted molar refractivity (Wildman–Crippen MR) is 104 cm³/mol. The van der Waals surface area contributed by atoms with Gasteiger partial charge in [0.05, 0.1) is 16.2 Å². The number of benzene rings is 2. The average molecular weight is 383 g/mol. The van der Waals surface area contributed by atoms with Crippen molar-refractivity contribution in [2.75, 3.05) is 18.5 Å². The molecule has 0 fully saturated rings. The van der Waals surface area contributed by atoms with Crippen LogP contribution in [-0.2, 0) is 4.79 Å². The number of hydrogen-bond donors (Lipinski definition) is 2. The Morgan fingerprint density at radius 3 is 2.81 bits per heavy atom. The Balaban J connectivity index is 1.47. The highest BCUT2D eigenvalue weighted by atomic mass is 32.2. The van der Waals surface area contributed by atoms with Crippen molar-refractivity contribution < 1.29 is 14.3 Å². The van der Waals surface area contributed by atoms with Crippen LogP contribution in [0.3, 0.4) is 0 Å². The molecular formula is C19H17N3O4S. The van der Waals surface area contributed by atoms with Crippen molar-refractivity contribution in [2.45, 2.75) is 17.3 Å². The van der Waals surface area contributed by atoms with E-state index < -0.39 is 5.25 Å². The molecule has 1 aliphatic rings. The number of carbonyl (C=O) groups is 1.